The molecule has 0 aromatic carbocycles. The second kappa shape index (κ2) is 29.9. The van der Waals surface area contributed by atoms with Crippen LogP contribution in [0.2, 0.25) is 0 Å². The lowest BCUT2D eigenvalue weighted by molar-refractivity contribution is -0.174. The zero-order valence-electron chi connectivity index (χ0n) is 27.5. The highest BCUT2D eigenvalue weighted by molar-refractivity contribution is 5.85. The second-order valence-corrected chi connectivity index (χ2v) is 12.3. The molecular formula is C33H67Cl2N5O3. The predicted octanol–water partition coefficient (Wildman–Crippen LogP) is 7.34. The van der Waals surface area contributed by atoms with Crippen LogP contribution in [0.15, 0.2) is 0 Å². The van der Waals surface area contributed by atoms with Crippen LogP contribution in [0.5, 0.6) is 0 Å². The number of amides is 3. The fourth-order valence-electron chi connectivity index (χ4n) is 6.17. The molecule has 3 amide bonds. The fraction of sp³-hybridized carbons (Fsp3) is 0.939. The van der Waals surface area contributed by atoms with Crippen molar-refractivity contribution >= 4 is 37.3 Å². The molecule has 1 atom stereocenters. The van der Waals surface area contributed by atoms with Crippen LogP contribution in [0, 0.1) is 0 Å². The molecule has 0 aromatic heterocycles. The Morgan fingerprint density at radius 3 is 1.95 bits per heavy atom. The minimum Gasteiger partial charge on any atom is -0.338 e. The van der Waals surface area contributed by atoms with Crippen molar-refractivity contribution in [1.82, 2.24) is 25.5 Å². The molecule has 2 heterocycles. The van der Waals surface area contributed by atoms with Gasteiger partial charge in [0.05, 0.1) is 13.2 Å². The van der Waals surface area contributed by atoms with Crippen molar-refractivity contribution in [2.24, 2.45) is 0 Å². The molecule has 2 rings (SSSR count). The summed E-state index contributed by atoms with van der Waals surface area (Å²) in [6.07, 6.45) is 26.5. The SMILES string of the molecule is CCCCCCCCCCCCCCCCCCNC(=O)N1CCCCC1CCON(C=O)CCN1CCNCC1.Cl.Cl. The largest absolute Gasteiger partial charge is 0.338 e. The minimum absolute atomic E-state index is 0. The number of hydrogen-bond donors (Lipinski definition) is 2. The molecule has 256 valence electrons. The van der Waals surface area contributed by atoms with E-state index in [0.717, 1.165) is 84.3 Å². The Morgan fingerprint density at radius 1 is 0.837 bits per heavy atom. The van der Waals surface area contributed by atoms with Gasteiger partial charge in [0, 0.05) is 51.9 Å². The van der Waals surface area contributed by atoms with Crippen molar-refractivity contribution in [3.8, 4) is 0 Å². The number of carbonyl (C=O) groups excluding carboxylic acids is 2. The smallest absolute Gasteiger partial charge is 0.317 e. The summed E-state index contributed by atoms with van der Waals surface area (Å²) in [5.41, 5.74) is 0. The maximum atomic E-state index is 12.9. The van der Waals surface area contributed by atoms with Crippen LogP contribution < -0.4 is 10.6 Å². The molecule has 2 N–H and O–H groups in total. The summed E-state index contributed by atoms with van der Waals surface area (Å²) >= 11 is 0. The van der Waals surface area contributed by atoms with Crippen molar-refractivity contribution in [1.29, 1.82) is 0 Å². The first-order chi connectivity index (χ1) is 20.2. The summed E-state index contributed by atoms with van der Waals surface area (Å²) in [4.78, 5) is 34.5. The Morgan fingerprint density at radius 2 is 1.40 bits per heavy atom. The van der Waals surface area contributed by atoms with E-state index in [1.807, 2.05) is 4.90 Å². The lowest BCUT2D eigenvalue weighted by Crippen LogP contribution is -2.49. The molecule has 2 aliphatic rings. The Hall–Kier alpha value is -0.800. The van der Waals surface area contributed by atoms with Crippen LogP contribution in [0.3, 0.4) is 0 Å². The van der Waals surface area contributed by atoms with Crippen molar-refractivity contribution in [2.45, 2.75) is 141 Å². The number of halogens is 2. The molecule has 43 heavy (non-hydrogen) atoms. The lowest BCUT2D eigenvalue weighted by Gasteiger charge is -2.36. The Kier molecular flexibility index (Phi) is 29.3. The number of piperidine rings is 1. The third-order valence-electron chi connectivity index (χ3n) is 8.87. The Bertz CT molecular complexity index is 644. The third-order valence-corrected chi connectivity index (χ3v) is 8.87. The van der Waals surface area contributed by atoms with Crippen LogP contribution in [0.4, 0.5) is 4.79 Å². The summed E-state index contributed by atoms with van der Waals surface area (Å²) in [6.45, 7) is 9.77. The van der Waals surface area contributed by atoms with Crippen LogP contribution in [-0.4, -0.2) is 92.3 Å². The number of urea groups is 1. The van der Waals surface area contributed by atoms with Gasteiger partial charge in [0.25, 0.3) is 0 Å². The highest BCUT2D eigenvalue weighted by atomic mass is 35.5. The van der Waals surface area contributed by atoms with Crippen LogP contribution in [-0.2, 0) is 9.63 Å². The van der Waals surface area contributed by atoms with E-state index >= 15 is 0 Å². The number of likely N-dealkylation sites (tertiary alicyclic amines) is 1. The summed E-state index contributed by atoms with van der Waals surface area (Å²) in [7, 11) is 0. The summed E-state index contributed by atoms with van der Waals surface area (Å²) in [5, 5.41) is 7.94. The number of carbonyl (C=O) groups is 2. The number of hydroxylamine groups is 2. The highest BCUT2D eigenvalue weighted by Gasteiger charge is 2.26. The zero-order chi connectivity index (χ0) is 29.2. The molecule has 1 unspecified atom stereocenters. The quantitative estimate of drug-likeness (QED) is 0.0613. The first-order valence-electron chi connectivity index (χ1n) is 17.6. The zero-order valence-corrected chi connectivity index (χ0v) is 29.2. The molecule has 0 bridgehead atoms. The topological polar surface area (TPSA) is 77.2 Å². The molecule has 0 aliphatic carbocycles. The number of piperazine rings is 1. The van der Waals surface area contributed by atoms with Crippen LogP contribution in [0.25, 0.3) is 0 Å². The van der Waals surface area contributed by atoms with Gasteiger partial charge in [-0.15, -0.1) is 24.8 Å². The Labute approximate surface area is 276 Å². The molecule has 0 saturated carbocycles. The van der Waals surface area contributed by atoms with E-state index in [1.165, 1.54) is 101 Å². The number of hydrogen-bond acceptors (Lipinski definition) is 5. The standard InChI is InChI=1S/C33H65N5O3.2ClH/c1-2-3-4-5-6-7-8-9-10-11-12-13-14-15-16-18-22-35-33(40)38-25-19-17-20-32(38)21-30-41-37(31-39)29-28-36-26-23-34-24-27-36;;/h31-32,34H,2-30H2,1H3,(H,35,40);2*1H. The number of unbranched alkanes of at least 4 members (excludes halogenated alkanes) is 15. The van der Waals surface area contributed by atoms with Crippen molar-refractivity contribution in [3.05, 3.63) is 0 Å². The first-order valence-corrected chi connectivity index (χ1v) is 17.6. The number of nitrogens with zero attached hydrogens (tertiary/aromatic N) is 3. The van der Waals surface area contributed by atoms with Crippen molar-refractivity contribution in [2.75, 3.05) is 59.0 Å². The van der Waals surface area contributed by atoms with E-state index in [9.17, 15) is 9.59 Å². The van der Waals surface area contributed by atoms with E-state index < -0.39 is 0 Å². The van der Waals surface area contributed by atoms with Crippen LogP contribution in [0.1, 0.15) is 135 Å². The predicted molar refractivity (Wildman–Crippen MR) is 184 cm³/mol. The summed E-state index contributed by atoms with van der Waals surface area (Å²) < 4.78 is 0. The Balaban J connectivity index is 0.00000882. The van der Waals surface area contributed by atoms with Crippen LogP contribution >= 0.6 is 24.8 Å². The third kappa shape index (κ3) is 21.6. The summed E-state index contributed by atoms with van der Waals surface area (Å²) in [6, 6.07) is 0.262. The molecule has 2 fully saturated rings. The van der Waals surface area contributed by atoms with Crippen molar-refractivity contribution < 1.29 is 14.4 Å². The van der Waals surface area contributed by atoms with Gasteiger partial charge >= 0.3 is 6.03 Å². The summed E-state index contributed by atoms with van der Waals surface area (Å²) in [5.74, 6) is 0. The van der Waals surface area contributed by atoms with Gasteiger partial charge in [-0.2, -0.15) is 0 Å². The van der Waals surface area contributed by atoms with Gasteiger partial charge in [-0.05, 0) is 32.1 Å². The highest BCUT2D eigenvalue weighted by Crippen LogP contribution is 2.20. The van der Waals surface area contributed by atoms with E-state index in [-0.39, 0.29) is 36.9 Å². The molecule has 0 spiro atoms. The molecule has 2 saturated heterocycles. The maximum absolute atomic E-state index is 12.9. The van der Waals surface area contributed by atoms with Gasteiger partial charge in [0.1, 0.15) is 0 Å². The monoisotopic (exact) mass is 651 g/mol. The maximum Gasteiger partial charge on any atom is 0.317 e. The average Bonchev–Trinajstić information content (AvgIpc) is 3.01. The first kappa shape index (κ1) is 42.2. The van der Waals surface area contributed by atoms with Gasteiger partial charge < -0.3 is 15.5 Å². The van der Waals surface area contributed by atoms with Gasteiger partial charge in [-0.3, -0.25) is 14.5 Å². The minimum atomic E-state index is 0. The fourth-order valence-corrected chi connectivity index (χ4v) is 6.17. The van der Waals surface area contributed by atoms with Gasteiger partial charge in [-0.25, -0.2) is 9.86 Å². The molecule has 0 aromatic rings. The number of nitrogens with one attached hydrogen (secondary N) is 2. The second-order valence-electron chi connectivity index (χ2n) is 12.3. The molecule has 2 aliphatic heterocycles. The molecule has 8 nitrogen and oxygen atoms in total. The van der Waals surface area contributed by atoms with E-state index in [4.69, 9.17) is 4.84 Å². The molecule has 10 heteroatoms. The lowest BCUT2D eigenvalue weighted by atomic mass is 10.00. The van der Waals surface area contributed by atoms with Gasteiger partial charge in [0.15, 0.2) is 0 Å². The van der Waals surface area contributed by atoms with E-state index in [2.05, 4.69) is 22.5 Å². The van der Waals surface area contributed by atoms with Gasteiger partial charge in [-0.1, -0.05) is 103 Å². The van der Waals surface area contributed by atoms with E-state index in [0.29, 0.717) is 13.2 Å². The van der Waals surface area contributed by atoms with Gasteiger partial charge in [0.2, 0.25) is 6.41 Å². The molecular weight excluding hydrogens is 585 g/mol. The normalized spacial score (nSPS) is 17.1. The van der Waals surface area contributed by atoms with E-state index in [1.54, 1.807) is 0 Å². The molecule has 0 radical (unpaired) electrons. The average molecular weight is 653 g/mol. The van der Waals surface area contributed by atoms with Crippen molar-refractivity contribution in [3.63, 3.8) is 0 Å². The number of rotatable bonds is 25.